The van der Waals surface area contributed by atoms with Gasteiger partial charge in [-0.25, -0.2) is 0 Å². The first-order chi connectivity index (χ1) is 14.6. The Morgan fingerprint density at radius 1 is 1.23 bits per heavy atom. The summed E-state index contributed by atoms with van der Waals surface area (Å²) in [7, 11) is 2.02. The van der Waals surface area contributed by atoms with E-state index in [9.17, 15) is 9.59 Å². The van der Waals surface area contributed by atoms with Gasteiger partial charge >= 0.3 is 0 Å². The third-order valence-electron chi connectivity index (χ3n) is 6.83. The SMILES string of the molecule is CN(Cc1ccoc1)Cc1ccc2n(c1=O)C[C@H]1C[C@@H]2CN(C(=O)[C@@H]2CCCN2)C1. The van der Waals surface area contributed by atoms with Crippen LogP contribution in [0.3, 0.4) is 0 Å². The highest BCUT2D eigenvalue weighted by atomic mass is 16.3. The first-order valence-corrected chi connectivity index (χ1v) is 11.0. The summed E-state index contributed by atoms with van der Waals surface area (Å²) in [4.78, 5) is 30.3. The normalized spacial score (nSPS) is 25.5. The largest absolute Gasteiger partial charge is 0.472 e. The maximum absolute atomic E-state index is 13.2. The molecule has 0 aromatic carbocycles. The first kappa shape index (κ1) is 19.6. The Morgan fingerprint density at radius 2 is 2.13 bits per heavy atom. The second-order valence-electron chi connectivity index (χ2n) is 9.19. The molecule has 5 heterocycles. The number of likely N-dealkylation sites (tertiary alicyclic amines) is 1. The predicted molar refractivity (Wildman–Crippen MR) is 113 cm³/mol. The molecule has 2 bridgehead atoms. The molecular weight excluding hydrogens is 380 g/mol. The molecule has 7 heteroatoms. The molecule has 0 aliphatic carbocycles. The van der Waals surface area contributed by atoms with Gasteiger partial charge in [-0.05, 0) is 50.9 Å². The van der Waals surface area contributed by atoms with Gasteiger partial charge in [0.25, 0.3) is 5.56 Å². The van der Waals surface area contributed by atoms with Crippen LogP contribution in [0.4, 0.5) is 0 Å². The zero-order chi connectivity index (χ0) is 20.7. The zero-order valence-electron chi connectivity index (χ0n) is 17.5. The monoisotopic (exact) mass is 410 g/mol. The van der Waals surface area contributed by atoms with Crippen molar-refractivity contribution in [2.75, 3.05) is 26.7 Å². The maximum atomic E-state index is 13.2. The van der Waals surface area contributed by atoms with E-state index in [-0.39, 0.29) is 23.4 Å². The summed E-state index contributed by atoms with van der Waals surface area (Å²) in [5, 5.41) is 3.33. The number of pyridine rings is 1. The van der Waals surface area contributed by atoms with Gasteiger partial charge in [-0.15, -0.1) is 0 Å². The molecule has 2 aromatic heterocycles. The lowest BCUT2D eigenvalue weighted by Crippen LogP contribution is -2.53. The van der Waals surface area contributed by atoms with E-state index in [1.807, 2.05) is 28.6 Å². The van der Waals surface area contributed by atoms with Crippen molar-refractivity contribution < 1.29 is 9.21 Å². The van der Waals surface area contributed by atoms with E-state index in [2.05, 4.69) is 16.3 Å². The van der Waals surface area contributed by atoms with Crippen molar-refractivity contribution in [1.82, 2.24) is 19.7 Å². The van der Waals surface area contributed by atoms with Crippen LogP contribution in [0.5, 0.6) is 0 Å². The first-order valence-electron chi connectivity index (χ1n) is 11.0. The second kappa shape index (κ2) is 8.04. The van der Waals surface area contributed by atoms with Crippen LogP contribution < -0.4 is 10.9 Å². The number of aromatic nitrogens is 1. The van der Waals surface area contributed by atoms with Gasteiger partial charge in [-0.2, -0.15) is 0 Å². The minimum Gasteiger partial charge on any atom is -0.472 e. The molecule has 0 saturated carbocycles. The van der Waals surface area contributed by atoms with Crippen molar-refractivity contribution in [3.63, 3.8) is 0 Å². The summed E-state index contributed by atoms with van der Waals surface area (Å²) < 4.78 is 7.12. The molecule has 160 valence electrons. The van der Waals surface area contributed by atoms with Crippen LogP contribution in [-0.2, 0) is 24.4 Å². The predicted octanol–water partition coefficient (Wildman–Crippen LogP) is 1.77. The topological polar surface area (TPSA) is 70.7 Å². The summed E-state index contributed by atoms with van der Waals surface area (Å²) in [5.74, 6) is 0.863. The van der Waals surface area contributed by atoms with Crippen LogP contribution in [-0.4, -0.2) is 53.0 Å². The molecule has 7 nitrogen and oxygen atoms in total. The van der Waals surface area contributed by atoms with Crippen molar-refractivity contribution in [2.45, 2.75) is 50.9 Å². The zero-order valence-corrected chi connectivity index (χ0v) is 17.5. The Kier molecular flexibility index (Phi) is 5.25. The van der Waals surface area contributed by atoms with Gasteiger partial charge in [0.15, 0.2) is 0 Å². The number of fused-ring (bicyclic) bond motifs is 4. The number of carbonyl (C=O) groups is 1. The van der Waals surface area contributed by atoms with Gasteiger partial charge in [0, 0.05) is 55.5 Å². The van der Waals surface area contributed by atoms with Crippen LogP contribution in [0, 0.1) is 5.92 Å². The minimum absolute atomic E-state index is 0.0147. The smallest absolute Gasteiger partial charge is 0.255 e. The Labute approximate surface area is 176 Å². The molecule has 2 aromatic rings. The number of piperidine rings is 1. The number of carbonyl (C=O) groups excluding carboxylic acids is 1. The molecule has 3 aliphatic heterocycles. The fourth-order valence-corrected chi connectivity index (χ4v) is 5.45. The lowest BCUT2D eigenvalue weighted by atomic mass is 9.82. The Hall–Kier alpha value is -2.38. The molecule has 3 atom stereocenters. The van der Waals surface area contributed by atoms with Gasteiger partial charge < -0.3 is 19.2 Å². The number of amides is 1. The van der Waals surface area contributed by atoms with Crippen molar-refractivity contribution in [3.8, 4) is 0 Å². The number of hydrogen-bond acceptors (Lipinski definition) is 5. The van der Waals surface area contributed by atoms with E-state index in [0.29, 0.717) is 19.0 Å². The van der Waals surface area contributed by atoms with Crippen LogP contribution in [0.25, 0.3) is 0 Å². The number of nitrogens with one attached hydrogen (secondary N) is 1. The molecule has 3 aliphatic rings. The average molecular weight is 411 g/mol. The highest BCUT2D eigenvalue weighted by molar-refractivity contribution is 5.82. The highest BCUT2D eigenvalue weighted by Crippen LogP contribution is 2.35. The van der Waals surface area contributed by atoms with Crippen molar-refractivity contribution in [2.24, 2.45) is 5.92 Å². The molecule has 1 N–H and O–H groups in total. The summed E-state index contributed by atoms with van der Waals surface area (Å²) in [6, 6.07) is 6.04. The summed E-state index contributed by atoms with van der Waals surface area (Å²) in [6.07, 6.45) is 6.50. The lowest BCUT2D eigenvalue weighted by Gasteiger charge is -2.43. The van der Waals surface area contributed by atoms with Gasteiger partial charge in [-0.1, -0.05) is 6.07 Å². The molecule has 5 rings (SSSR count). The van der Waals surface area contributed by atoms with Gasteiger partial charge in [0.1, 0.15) is 0 Å². The van der Waals surface area contributed by atoms with Crippen LogP contribution in [0.15, 0.2) is 39.9 Å². The maximum Gasteiger partial charge on any atom is 0.255 e. The second-order valence-corrected chi connectivity index (χ2v) is 9.19. The molecule has 2 saturated heterocycles. The van der Waals surface area contributed by atoms with E-state index >= 15 is 0 Å². The number of nitrogens with zero attached hydrogens (tertiary/aromatic N) is 3. The molecule has 30 heavy (non-hydrogen) atoms. The molecule has 0 unspecified atom stereocenters. The quantitative estimate of drug-likeness (QED) is 0.814. The van der Waals surface area contributed by atoms with Crippen LogP contribution in [0.1, 0.15) is 42.0 Å². The molecular formula is C23H30N4O3. The molecule has 0 spiro atoms. The van der Waals surface area contributed by atoms with E-state index < -0.39 is 0 Å². The average Bonchev–Trinajstić information content (AvgIpc) is 3.44. The Balaban J connectivity index is 1.32. The molecule has 0 radical (unpaired) electrons. The van der Waals surface area contributed by atoms with Crippen LogP contribution in [0.2, 0.25) is 0 Å². The van der Waals surface area contributed by atoms with E-state index in [0.717, 1.165) is 62.3 Å². The van der Waals surface area contributed by atoms with Gasteiger partial charge in [0.2, 0.25) is 5.91 Å². The van der Waals surface area contributed by atoms with E-state index in [1.54, 1.807) is 12.5 Å². The standard InChI is InChI=1S/C23H30N4O3/c1-25(10-16-6-8-30-15-16)13-18-4-5-21-19-9-17(12-27(21)22(18)28)11-26(14-19)23(29)20-3-2-7-24-20/h4-6,8,15,17,19-20,24H,2-3,7,9-14H2,1H3/t17-,19+,20-/m0/s1. The summed E-state index contributed by atoms with van der Waals surface area (Å²) in [5.41, 5.74) is 3.15. The Bertz CT molecular complexity index is 961. The van der Waals surface area contributed by atoms with Crippen molar-refractivity contribution in [3.05, 3.63) is 57.9 Å². The van der Waals surface area contributed by atoms with Crippen molar-refractivity contribution in [1.29, 1.82) is 0 Å². The van der Waals surface area contributed by atoms with E-state index in [1.165, 1.54) is 0 Å². The number of rotatable bonds is 5. The van der Waals surface area contributed by atoms with Gasteiger partial charge in [0.05, 0.1) is 18.6 Å². The lowest BCUT2D eigenvalue weighted by molar-refractivity contribution is -0.135. The summed E-state index contributed by atoms with van der Waals surface area (Å²) in [6.45, 7) is 4.50. The molecule has 2 fully saturated rings. The fourth-order valence-electron chi connectivity index (χ4n) is 5.45. The Morgan fingerprint density at radius 3 is 2.90 bits per heavy atom. The third kappa shape index (κ3) is 3.72. The minimum atomic E-state index is -0.0147. The van der Waals surface area contributed by atoms with Crippen LogP contribution >= 0.6 is 0 Å². The van der Waals surface area contributed by atoms with Gasteiger partial charge in [-0.3, -0.25) is 14.5 Å². The number of furan rings is 1. The fraction of sp³-hybridized carbons (Fsp3) is 0.565. The van der Waals surface area contributed by atoms with E-state index in [4.69, 9.17) is 4.42 Å². The van der Waals surface area contributed by atoms with Crippen molar-refractivity contribution >= 4 is 5.91 Å². The molecule has 1 amide bonds. The number of hydrogen-bond donors (Lipinski definition) is 1. The highest BCUT2D eigenvalue weighted by Gasteiger charge is 2.38. The third-order valence-corrected chi connectivity index (χ3v) is 6.83. The summed E-state index contributed by atoms with van der Waals surface area (Å²) >= 11 is 0.